The van der Waals surface area contributed by atoms with Gasteiger partial charge in [-0.3, -0.25) is 9.88 Å². The molecule has 2 aromatic carbocycles. The molecule has 1 N–H and O–H groups in total. The van der Waals surface area contributed by atoms with E-state index in [1.807, 2.05) is 42.6 Å². The molecule has 0 aliphatic rings. The normalized spacial score (nSPS) is 11.4. The fraction of sp³-hybridized carbons (Fsp3) is 0.393. The van der Waals surface area contributed by atoms with E-state index in [2.05, 4.69) is 61.8 Å². The molecule has 1 aromatic heterocycles. The van der Waals surface area contributed by atoms with Crippen molar-refractivity contribution in [2.45, 2.75) is 39.8 Å². The Labute approximate surface area is 208 Å². The number of hydrogen-bond acceptors (Lipinski definition) is 6. The lowest BCUT2D eigenvalue weighted by atomic mass is 10.0. The second-order valence-electron chi connectivity index (χ2n) is 9.02. The van der Waals surface area contributed by atoms with Gasteiger partial charge in [0.1, 0.15) is 12.4 Å². The van der Waals surface area contributed by atoms with Gasteiger partial charge in [-0.1, -0.05) is 60.7 Å². The van der Waals surface area contributed by atoms with Crippen LogP contribution in [0.15, 0.2) is 66.9 Å². The molecule has 3 rings (SSSR count). The summed E-state index contributed by atoms with van der Waals surface area (Å²) in [5.41, 5.74) is 3.80. The maximum Gasteiger partial charge on any atom is 0.329 e. The third-order valence-corrected chi connectivity index (χ3v) is 5.88. The first-order chi connectivity index (χ1) is 16.9. The summed E-state index contributed by atoms with van der Waals surface area (Å²) in [7, 11) is 0. The zero-order chi connectivity index (χ0) is 25.2. The summed E-state index contributed by atoms with van der Waals surface area (Å²) >= 11 is 0. The Kier molecular flexibility index (Phi) is 9.76. The molecular weight excluding hydrogens is 440 g/mol. The summed E-state index contributed by atoms with van der Waals surface area (Å²) in [4.78, 5) is 25.3. The average molecular weight is 477 g/mol. The van der Waals surface area contributed by atoms with Crippen LogP contribution in [-0.2, 0) is 9.53 Å². The first-order valence-electron chi connectivity index (χ1n) is 12.1. The van der Waals surface area contributed by atoms with Crippen LogP contribution >= 0.6 is 0 Å². The van der Waals surface area contributed by atoms with E-state index in [4.69, 9.17) is 19.8 Å². The number of hydrogen-bond donors (Lipinski definition) is 1. The van der Waals surface area contributed by atoms with E-state index in [0.717, 1.165) is 41.4 Å². The molecule has 0 atom stereocenters. The van der Waals surface area contributed by atoms with Crippen molar-refractivity contribution < 1.29 is 14.6 Å². The van der Waals surface area contributed by atoms with Crippen LogP contribution in [-0.4, -0.2) is 70.9 Å². The Morgan fingerprint density at radius 3 is 2.00 bits per heavy atom. The van der Waals surface area contributed by atoms with E-state index in [1.165, 1.54) is 0 Å². The van der Waals surface area contributed by atoms with Crippen LogP contribution in [0.5, 0.6) is 0 Å². The number of carboxylic acids is 1. The molecule has 0 unspecified atom stereocenters. The first-order valence-corrected chi connectivity index (χ1v) is 12.1. The maximum absolute atomic E-state index is 10.7. The minimum atomic E-state index is -0.946. The number of aliphatic carboxylic acids is 1. The quantitative estimate of drug-likeness (QED) is 0.354. The molecule has 35 heavy (non-hydrogen) atoms. The number of carbonyl (C=O) groups is 1. The van der Waals surface area contributed by atoms with Gasteiger partial charge in [0.25, 0.3) is 0 Å². The molecule has 0 saturated carbocycles. The zero-order valence-corrected chi connectivity index (χ0v) is 21.1. The van der Waals surface area contributed by atoms with Crippen LogP contribution in [0.2, 0.25) is 0 Å². The Balaban J connectivity index is 1.84. The Morgan fingerprint density at radius 1 is 0.857 bits per heavy atom. The van der Waals surface area contributed by atoms with E-state index in [1.54, 1.807) is 0 Å². The lowest BCUT2D eigenvalue weighted by Crippen LogP contribution is -2.43. The molecule has 1 heterocycles. The highest BCUT2D eigenvalue weighted by molar-refractivity contribution is 5.78. The van der Waals surface area contributed by atoms with Gasteiger partial charge in [0.05, 0.1) is 24.2 Å². The largest absolute Gasteiger partial charge is 0.480 e. The molecule has 3 aromatic rings. The predicted molar refractivity (Wildman–Crippen MR) is 141 cm³/mol. The van der Waals surface area contributed by atoms with Gasteiger partial charge in [0.15, 0.2) is 0 Å². The van der Waals surface area contributed by atoms with Gasteiger partial charge < -0.3 is 14.7 Å². The zero-order valence-electron chi connectivity index (χ0n) is 21.1. The van der Waals surface area contributed by atoms with Gasteiger partial charge in [-0.2, -0.15) is 0 Å². The molecular formula is C28H36N4O3. The summed E-state index contributed by atoms with van der Waals surface area (Å²) < 4.78 is 5.26. The van der Waals surface area contributed by atoms with Crippen molar-refractivity contribution in [3.8, 4) is 22.5 Å². The van der Waals surface area contributed by atoms with Crippen LogP contribution in [0.3, 0.4) is 0 Å². The molecule has 186 valence electrons. The lowest BCUT2D eigenvalue weighted by molar-refractivity contribution is -0.142. The molecule has 0 fully saturated rings. The van der Waals surface area contributed by atoms with Gasteiger partial charge in [0.2, 0.25) is 0 Å². The van der Waals surface area contributed by atoms with Crippen LogP contribution in [0, 0.1) is 0 Å². The number of carboxylic acid groups (broad SMARTS) is 1. The SMILES string of the molecule is CC(C)N(CCOCC(=O)O)CCN(c1cnc(-c2ccccc2)c(-c2ccccc2)n1)C(C)C. The molecule has 0 radical (unpaired) electrons. The van der Waals surface area contributed by atoms with Gasteiger partial charge in [0, 0.05) is 42.8 Å². The third kappa shape index (κ3) is 7.60. The number of aromatic nitrogens is 2. The van der Waals surface area contributed by atoms with Crippen molar-refractivity contribution in [1.82, 2.24) is 14.9 Å². The average Bonchev–Trinajstić information content (AvgIpc) is 2.86. The number of rotatable bonds is 13. The molecule has 0 saturated heterocycles. The highest BCUT2D eigenvalue weighted by Crippen LogP contribution is 2.30. The summed E-state index contributed by atoms with van der Waals surface area (Å²) in [5, 5.41) is 8.79. The molecule has 0 aliphatic carbocycles. The highest BCUT2D eigenvalue weighted by Gasteiger charge is 2.19. The van der Waals surface area contributed by atoms with Crippen molar-refractivity contribution >= 4 is 11.8 Å². The van der Waals surface area contributed by atoms with E-state index >= 15 is 0 Å². The number of benzene rings is 2. The van der Waals surface area contributed by atoms with Crippen molar-refractivity contribution in [1.29, 1.82) is 0 Å². The molecule has 7 nitrogen and oxygen atoms in total. The summed E-state index contributed by atoms with van der Waals surface area (Å²) in [6.45, 7) is 10.9. The van der Waals surface area contributed by atoms with Gasteiger partial charge >= 0.3 is 5.97 Å². The van der Waals surface area contributed by atoms with Gasteiger partial charge in [-0.15, -0.1) is 0 Å². The summed E-state index contributed by atoms with van der Waals surface area (Å²) in [6.07, 6.45) is 1.87. The van der Waals surface area contributed by atoms with Crippen LogP contribution in [0.4, 0.5) is 5.82 Å². The number of ether oxygens (including phenoxy) is 1. The Bertz CT molecular complexity index is 1060. The highest BCUT2D eigenvalue weighted by atomic mass is 16.5. The van der Waals surface area contributed by atoms with E-state index < -0.39 is 5.97 Å². The standard InChI is InChI=1S/C28H36N4O3/c1-21(2)31(17-18-35-20-26(33)34)15-16-32(22(3)4)25-19-29-27(23-11-7-5-8-12-23)28(30-25)24-13-9-6-10-14-24/h5-14,19,21-22H,15-18,20H2,1-4H3,(H,33,34). The minimum Gasteiger partial charge on any atom is -0.480 e. The van der Waals surface area contributed by atoms with Crippen molar-refractivity contribution in [2.75, 3.05) is 37.7 Å². The molecule has 0 bridgehead atoms. The fourth-order valence-corrected chi connectivity index (χ4v) is 3.97. The molecule has 7 heteroatoms. The van der Waals surface area contributed by atoms with Crippen molar-refractivity contribution in [2.24, 2.45) is 0 Å². The van der Waals surface area contributed by atoms with Crippen LogP contribution < -0.4 is 4.90 Å². The maximum atomic E-state index is 10.7. The van der Waals surface area contributed by atoms with Crippen LogP contribution in [0.25, 0.3) is 22.5 Å². The third-order valence-electron chi connectivity index (χ3n) is 5.88. The summed E-state index contributed by atoms with van der Waals surface area (Å²) in [5.74, 6) is -0.108. The van der Waals surface area contributed by atoms with E-state index in [9.17, 15) is 4.79 Å². The lowest BCUT2D eigenvalue weighted by Gasteiger charge is -2.33. The Hall–Kier alpha value is -3.29. The molecule has 0 aliphatic heterocycles. The minimum absolute atomic E-state index is 0.229. The van der Waals surface area contributed by atoms with Crippen LogP contribution in [0.1, 0.15) is 27.7 Å². The van der Waals surface area contributed by atoms with Crippen molar-refractivity contribution in [3.05, 3.63) is 66.9 Å². The summed E-state index contributed by atoms with van der Waals surface area (Å²) in [6, 6.07) is 20.9. The van der Waals surface area contributed by atoms with Gasteiger partial charge in [-0.05, 0) is 27.7 Å². The smallest absolute Gasteiger partial charge is 0.329 e. The number of nitrogens with zero attached hydrogens (tertiary/aromatic N) is 4. The second kappa shape index (κ2) is 13.0. The Morgan fingerprint density at radius 2 is 1.46 bits per heavy atom. The topological polar surface area (TPSA) is 78.8 Å². The first kappa shape index (κ1) is 26.3. The van der Waals surface area contributed by atoms with Crippen molar-refractivity contribution in [3.63, 3.8) is 0 Å². The molecule has 0 spiro atoms. The van der Waals surface area contributed by atoms with E-state index in [0.29, 0.717) is 19.2 Å². The number of anilines is 1. The molecule has 0 amide bonds. The van der Waals surface area contributed by atoms with E-state index in [-0.39, 0.29) is 12.6 Å². The van der Waals surface area contributed by atoms with Gasteiger partial charge in [-0.25, -0.2) is 9.78 Å². The fourth-order valence-electron chi connectivity index (χ4n) is 3.97. The second-order valence-corrected chi connectivity index (χ2v) is 9.02. The monoisotopic (exact) mass is 476 g/mol. The predicted octanol–water partition coefficient (Wildman–Crippen LogP) is 4.84.